The molecule has 2 N–H and O–H groups in total. The van der Waals surface area contributed by atoms with E-state index in [1.807, 2.05) is 31.3 Å². The topological polar surface area (TPSA) is 70.7 Å². The maximum absolute atomic E-state index is 13.0. The Morgan fingerprint density at radius 1 is 1.11 bits per heavy atom. The first-order valence-electron chi connectivity index (χ1n) is 11.5. The minimum Gasteiger partial charge on any atom is -0.449 e. The molecule has 0 saturated carbocycles. The van der Waals surface area contributed by atoms with Crippen molar-refractivity contribution in [3.05, 3.63) is 100 Å². The van der Waals surface area contributed by atoms with Crippen LogP contribution >= 0.6 is 11.6 Å². The summed E-state index contributed by atoms with van der Waals surface area (Å²) < 4.78 is 5.80. The monoisotopic (exact) mass is 489 g/mol. The molecule has 0 radical (unpaired) electrons. The summed E-state index contributed by atoms with van der Waals surface area (Å²) in [6.07, 6.45) is 2.43. The Bertz CT molecular complexity index is 1240. The molecular weight excluding hydrogens is 462 g/mol. The van der Waals surface area contributed by atoms with Gasteiger partial charge in [-0.25, -0.2) is 0 Å². The maximum Gasteiger partial charge on any atom is 0.291 e. The van der Waals surface area contributed by atoms with Crippen molar-refractivity contribution in [3.63, 3.8) is 0 Å². The van der Waals surface area contributed by atoms with Gasteiger partial charge in [-0.15, -0.1) is 0 Å². The molecule has 1 aliphatic rings. The summed E-state index contributed by atoms with van der Waals surface area (Å²) in [5.41, 5.74) is 2.90. The molecule has 1 heterocycles. The number of amides is 2. The van der Waals surface area contributed by atoms with E-state index in [2.05, 4.69) is 34.6 Å². The molecule has 35 heavy (non-hydrogen) atoms. The molecule has 0 aromatic heterocycles. The Labute approximate surface area is 210 Å². The van der Waals surface area contributed by atoms with E-state index in [9.17, 15) is 9.59 Å². The van der Waals surface area contributed by atoms with E-state index in [1.54, 1.807) is 42.5 Å². The Hall–Kier alpha value is -3.61. The Kier molecular flexibility index (Phi) is 7.85. The number of ether oxygens (including phenoxy) is 1. The predicted molar refractivity (Wildman–Crippen MR) is 139 cm³/mol. The molecule has 4 rings (SSSR count). The molecule has 180 valence electrons. The summed E-state index contributed by atoms with van der Waals surface area (Å²) in [5.74, 6) is 0.0554. The second-order valence-corrected chi connectivity index (χ2v) is 9.03. The highest BCUT2D eigenvalue weighted by atomic mass is 35.5. The number of nitrogens with zero attached hydrogens (tertiary/aromatic N) is 1. The third-order valence-electron chi connectivity index (χ3n) is 5.74. The Morgan fingerprint density at radius 3 is 2.66 bits per heavy atom. The van der Waals surface area contributed by atoms with E-state index < -0.39 is 0 Å². The van der Waals surface area contributed by atoms with Crippen LogP contribution in [0.3, 0.4) is 0 Å². The second-order valence-electron chi connectivity index (χ2n) is 8.59. The quantitative estimate of drug-likeness (QED) is 0.418. The lowest BCUT2D eigenvalue weighted by Crippen LogP contribution is -2.42. The molecule has 7 heteroatoms. The molecule has 0 aliphatic carbocycles. The fourth-order valence-corrected chi connectivity index (χ4v) is 4.13. The van der Waals surface area contributed by atoms with Crippen molar-refractivity contribution >= 4 is 35.2 Å². The average molecular weight is 490 g/mol. The van der Waals surface area contributed by atoms with Crippen molar-refractivity contribution in [2.75, 3.05) is 18.9 Å². The lowest BCUT2D eigenvalue weighted by Gasteiger charge is -2.25. The molecule has 0 spiro atoms. The molecule has 3 aromatic carbocycles. The highest BCUT2D eigenvalue weighted by Crippen LogP contribution is 2.32. The summed E-state index contributed by atoms with van der Waals surface area (Å²) in [6.45, 7) is 3.58. The van der Waals surface area contributed by atoms with Crippen molar-refractivity contribution in [1.82, 2.24) is 10.2 Å². The Morgan fingerprint density at radius 2 is 1.91 bits per heavy atom. The largest absolute Gasteiger partial charge is 0.449 e. The third-order valence-corrected chi connectivity index (χ3v) is 5.97. The van der Waals surface area contributed by atoms with Gasteiger partial charge >= 0.3 is 0 Å². The van der Waals surface area contributed by atoms with Crippen LogP contribution in [0.2, 0.25) is 5.02 Å². The summed E-state index contributed by atoms with van der Waals surface area (Å²) >= 11 is 6.03. The van der Waals surface area contributed by atoms with Gasteiger partial charge in [0.1, 0.15) is 0 Å². The van der Waals surface area contributed by atoms with Gasteiger partial charge in [-0.05, 0) is 61.0 Å². The van der Waals surface area contributed by atoms with Crippen LogP contribution in [-0.4, -0.2) is 36.3 Å². The maximum atomic E-state index is 13.0. The normalized spacial score (nSPS) is 14.7. The van der Waals surface area contributed by atoms with Crippen molar-refractivity contribution in [3.8, 4) is 5.75 Å². The lowest BCUT2D eigenvalue weighted by molar-refractivity contribution is -0.115. The molecule has 2 amide bonds. The number of hydrogen-bond acceptors (Lipinski definition) is 4. The molecule has 0 saturated heterocycles. The number of rotatable bonds is 8. The minimum atomic E-state index is -0.385. The zero-order chi connectivity index (χ0) is 24.8. The standard InChI is InChI=1S/C28H28ClN3O3/c1-3-23(18-32(2)17-19-8-5-4-6-9-19)30-27(33)21-12-13-25-24(16-21)31-28(34)26(35-25)15-20-10-7-11-22(29)14-20/h4-16,23H,3,17-18H2,1-2H3,(H,30,33)(H,31,34)/b26-15+. The van der Waals surface area contributed by atoms with E-state index in [-0.39, 0.29) is 23.6 Å². The van der Waals surface area contributed by atoms with Gasteiger partial charge in [0.05, 0.1) is 5.69 Å². The highest BCUT2D eigenvalue weighted by Gasteiger charge is 2.24. The van der Waals surface area contributed by atoms with Crippen LogP contribution in [0.5, 0.6) is 5.75 Å². The number of nitrogens with one attached hydrogen (secondary N) is 2. The number of hydrogen-bond donors (Lipinski definition) is 2. The molecular formula is C28H28ClN3O3. The molecule has 1 atom stereocenters. The zero-order valence-corrected chi connectivity index (χ0v) is 20.5. The molecule has 0 bridgehead atoms. The summed E-state index contributed by atoms with van der Waals surface area (Å²) in [7, 11) is 2.04. The predicted octanol–water partition coefficient (Wildman–Crippen LogP) is 5.35. The smallest absolute Gasteiger partial charge is 0.291 e. The number of benzene rings is 3. The van der Waals surface area contributed by atoms with Crippen molar-refractivity contribution < 1.29 is 14.3 Å². The average Bonchev–Trinajstić information content (AvgIpc) is 2.84. The summed E-state index contributed by atoms with van der Waals surface area (Å²) in [5, 5.41) is 6.49. The highest BCUT2D eigenvalue weighted by molar-refractivity contribution is 6.30. The number of carbonyl (C=O) groups is 2. The van der Waals surface area contributed by atoms with E-state index in [0.29, 0.717) is 22.0 Å². The van der Waals surface area contributed by atoms with Crippen molar-refractivity contribution in [1.29, 1.82) is 0 Å². The molecule has 1 aliphatic heterocycles. The van der Waals surface area contributed by atoms with Gasteiger partial charge < -0.3 is 20.3 Å². The number of carbonyl (C=O) groups excluding carboxylic acids is 2. The van der Waals surface area contributed by atoms with Crippen LogP contribution in [0, 0.1) is 0 Å². The van der Waals surface area contributed by atoms with Crippen LogP contribution in [0.4, 0.5) is 5.69 Å². The van der Waals surface area contributed by atoms with Crippen LogP contribution in [0.25, 0.3) is 6.08 Å². The van der Waals surface area contributed by atoms with Gasteiger partial charge in [0, 0.05) is 29.7 Å². The Balaban J connectivity index is 1.41. The van der Waals surface area contributed by atoms with Gasteiger partial charge in [0.25, 0.3) is 11.8 Å². The minimum absolute atomic E-state index is 0.00896. The van der Waals surface area contributed by atoms with Crippen molar-refractivity contribution in [2.24, 2.45) is 0 Å². The van der Waals surface area contributed by atoms with Crippen molar-refractivity contribution in [2.45, 2.75) is 25.9 Å². The molecule has 3 aromatic rings. The second kappa shape index (κ2) is 11.2. The third kappa shape index (κ3) is 6.50. The van der Waals surface area contributed by atoms with Gasteiger partial charge in [-0.2, -0.15) is 0 Å². The van der Waals surface area contributed by atoms with E-state index in [1.165, 1.54) is 5.56 Å². The van der Waals surface area contributed by atoms with Crippen LogP contribution < -0.4 is 15.4 Å². The van der Waals surface area contributed by atoms with Gasteiger partial charge in [-0.1, -0.05) is 61.0 Å². The van der Waals surface area contributed by atoms with Crippen LogP contribution in [-0.2, 0) is 11.3 Å². The van der Waals surface area contributed by atoms with E-state index in [0.717, 1.165) is 25.1 Å². The fourth-order valence-electron chi connectivity index (χ4n) is 3.93. The first-order valence-corrected chi connectivity index (χ1v) is 11.9. The number of fused-ring (bicyclic) bond motifs is 1. The van der Waals surface area contributed by atoms with Gasteiger partial charge in [0.15, 0.2) is 11.5 Å². The molecule has 0 fully saturated rings. The van der Waals surface area contributed by atoms with E-state index in [4.69, 9.17) is 16.3 Å². The van der Waals surface area contributed by atoms with Gasteiger partial charge in [-0.3, -0.25) is 9.59 Å². The first-order chi connectivity index (χ1) is 16.9. The first kappa shape index (κ1) is 24.5. The molecule has 1 unspecified atom stereocenters. The molecule has 6 nitrogen and oxygen atoms in total. The zero-order valence-electron chi connectivity index (χ0n) is 19.8. The number of anilines is 1. The lowest BCUT2D eigenvalue weighted by atomic mass is 10.1. The summed E-state index contributed by atoms with van der Waals surface area (Å²) in [4.78, 5) is 27.7. The van der Waals surface area contributed by atoms with Crippen LogP contribution in [0.1, 0.15) is 34.8 Å². The van der Waals surface area contributed by atoms with E-state index >= 15 is 0 Å². The SMILES string of the molecule is CCC(CN(C)Cc1ccccc1)NC(=O)c1ccc2c(c1)NC(=O)/C(=C\c1cccc(Cl)c1)O2. The summed E-state index contributed by atoms with van der Waals surface area (Å²) in [6, 6.07) is 22.4. The van der Waals surface area contributed by atoms with Crippen LogP contribution in [0.15, 0.2) is 78.6 Å². The fraction of sp³-hybridized carbons (Fsp3) is 0.214. The number of likely N-dealkylation sites (N-methyl/N-ethyl adjacent to an activating group) is 1. The van der Waals surface area contributed by atoms with Gasteiger partial charge in [0.2, 0.25) is 0 Å². The number of halogens is 1.